The molecular weight excluding hydrogens is 264 g/mol. The fraction of sp³-hybridized carbons (Fsp3) is 0.385. The highest BCUT2D eigenvalue weighted by atomic mass is 32.2. The maximum Gasteiger partial charge on any atom is 0.294 e. The van der Waals surface area contributed by atoms with Crippen molar-refractivity contribution in [3.8, 4) is 0 Å². The molecule has 0 atom stereocenters. The van der Waals surface area contributed by atoms with Crippen LogP contribution in [0, 0.1) is 0 Å². The summed E-state index contributed by atoms with van der Waals surface area (Å²) in [5.74, 6) is 0. The zero-order valence-corrected chi connectivity index (χ0v) is 12.9. The average molecular weight is 284 g/mol. The molecule has 5 heteroatoms. The Balaban J connectivity index is 3.51. The molecule has 18 heavy (non-hydrogen) atoms. The molecule has 1 aromatic rings. The van der Waals surface area contributed by atoms with Crippen LogP contribution in [0.25, 0.3) is 0 Å². The van der Waals surface area contributed by atoms with Crippen LogP contribution >= 0.6 is 0 Å². The van der Waals surface area contributed by atoms with Crippen molar-refractivity contribution >= 4 is 23.4 Å². The van der Waals surface area contributed by atoms with Crippen molar-refractivity contribution in [3.05, 3.63) is 36.4 Å². The molecule has 0 spiro atoms. The first-order valence-electron chi connectivity index (χ1n) is 5.94. The van der Waals surface area contributed by atoms with E-state index in [4.69, 9.17) is 0 Å². The minimum absolute atomic E-state index is 0.0539. The molecule has 0 heterocycles. The predicted molar refractivity (Wildman–Crippen MR) is 77.8 cm³/mol. The van der Waals surface area contributed by atoms with Crippen LogP contribution in [-0.4, -0.2) is 21.0 Å². The number of allylic oxidation sites excluding steroid dienone is 1. The standard InChI is InChI=1S/C13H20O3SSi/c1-5-9-18(3,4)13-10-11(6-2)7-8-12(13)17(14,15)16/h5,7-8,10H,1,6,9H2,2-4H3,(H,14,15,16). The predicted octanol–water partition coefficient (Wildman–Crippen LogP) is 2.60. The Morgan fingerprint density at radius 1 is 1.39 bits per heavy atom. The van der Waals surface area contributed by atoms with Crippen LogP contribution in [0.15, 0.2) is 35.7 Å². The maximum absolute atomic E-state index is 11.5. The van der Waals surface area contributed by atoms with Crippen molar-refractivity contribution in [2.45, 2.75) is 37.4 Å². The Labute approximate surface area is 110 Å². The Morgan fingerprint density at radius 2 is 2.00 bits per heavy atom. The van der Waals surface area contributed by atoms with Crippen molar-refractivity contribution in [1.29, 1.82) is 0 Å². The molecule has 100 valence electrons. The molecule has 0 aliphatic rings. The van der Waals surface area contributed by atoms with E-state index in [1.165, 1.54) is 6.07 Å². The second-order valence-electron chi connectivity index (χ2n) is 5.04. The fourth-order valence-electron chi connectivity index (χ4n) is 2.02. The van der Waals surface area contributed by atoms with Crippen molar-refractivity contribution in [2.24, 2.45) is 0 Å². The first kappa shape index (κ1) is 15.1. The van der Waals surface area contributed by atoms with Gasteiger partial charge >= 0.3 is 0 Å². The molecule has 0 aliphatic heterocycles. The number of hydrogen-bond donors (Lipinski definition) is 1. The molecule has 1 aromatic carbocycles. The molecular formula is C13H20O3SSi. The van der Waals surface area contributed by atoms with Crippen LogP contribution in [0.3, 0.4) is 0 Å². The lowest BCUT2D eigenvalue weighted by atomic mass is 10.2. The number of hydrogen-bond acceptors (Lipinski definition) is 2. The summed E-state index contributed by atoms with van der Waals surface area (Å²) in [7, 11) is -6.10. The summed E-state index contributed by atoms with van der Waals surface area (Å²) in [5, 5.41) is 0.782. The molecule has 0 saturated heterocycles. The fourth-order valence-corrected chi connectivity index (χ4v) is 6.08. The van der Waals surface area contributed by atoms with E-state index in [1.54, 1.807) is 6.07 Å². The van der Waals surface area contributed by atoms with Gasteiger partial charge in [-0.15, -0.1) is 6.58 Å². The minimum Gasteiger partial charge on any atom is -0.282 e. The van der Waals surface area contributed by atoms with Gasteiger partial charge in [-0.2, -0.15) is 8.42 Å². The zero-order chi connectivity index (χ0) is 14.0. The van der Waals surface area contributed by atoms with Gasteiger partial charge in [0.05, 0.1) is 13.0 Å². The van der Waals surface area contributed by atoms with Gasteiger partial charge in [0.15, 0.2) is 0 Å². The van der Waals surface area contributed by atoms with Crippen molar-refractivity contribution in [1.82, 2.24) is 0 Å². The number of rotatable bonds is 5. The van der Waals surface area contributed by atoms with Crippen LogP contribution in [-0.2, 0) is 16.5 Å². The van der Waals surface area contributed by atoms with Gasteiger partial charge in [0.1, 0.15) is 0 Å². The van der Waals surface area contributed by atoms with Gasteiger partial charge in [-0.25, -0.2) is 0 Å². The van der Waals surface area contributed by atoms with Crippen LogP contribution < -0.4 is 5.19 Å². The summed E-state index contributed by atoms with van der Waals surface area (Å²) >= 11 is 0. The van der Waals surface area contributed by atoms with Gasteiger partial charge in [-0.05, 0) is 29.3 Å². The lowest BCUT2D eigenvalue weighted by Gasteiger charge is -2.24. The normalized spacial score (nSPS) is 12.4. The average Bonchev–Trinajstić information content (AvgIpc) is 2.27. The molecule has 0 amide bonds. The third-order valence-electron chi connectivity index (χ3n) is 3.11. The van der Waals surface area contributed by atoms with Crippen LogP contribution in [0.5, 0.6) is 0 Å². The Bertz CT molecular complexity index is 547. The van der Waals surface area contributed by atoms with E-state index in [0.717, 1.165) is 23.2 Å². The lowest BCUT2D eigenvalue weighted by molar-refractivity contribution is 0.484. The van der Waals surface area contributed by atoms with E-state index in [1.807, 2.05) is 19.1 Å². The molecule has 0 radical (unpaired) electrons. The van der Waals surface area contributed by atoms with E-state index in [2.05, 4.69) is 19.7 Å². The van der Waals surface area contributed by atoms with Gasteiger partial charge in [-0.1, -0.05) is 38.2 Å². The monoisotopic (exact) mass is 284 g/mol. The summed E-state index contributed by atoms with van der Waals surface area (Å²) in [4.78, 5) is 0.0539. The summed E-state index contributed by atoms with van der Waals surface area (Å²) in [5.41, 5.74) is 1.09. The highest BCUT2D eigenvalue weighted by Crippen LogP contribution is 2.18. The van der Waals surface area contributed by atoms with Crippen molar-refractivity contribution in [2.75, 3.05) is 0 Å². The molecule has 1 N–H and O–H groups in total. The molecule has 0 saturated carbocycles. The molecule has 0 aromatic heterocycles. The first-order valence-corrected chi connectivity index (χ1v) is 10.6. The summed E-state index contributed by atoms with van der Waals surface area (Å²) in [6, 6.07) is 5.97. The van der Waals surface area contributed by atoms with E-state index in [-0.39, 0.29) is 4.90 Å². The molecule has 0 fully saturated rings. The second-order valence-corrected chi connectivity index (χ2v) is 11.1. The SMILES string of the molecule is C=CC[Si](C)(C)c1cc(CC)ccc1S(=O)(=O)O. The van der Waals surface area contributed by atoms with Gasteiger partial charge < -0.3 is 0 Å². The zero-order valence-electron chi connectivity index (χ0n) is 11.1. The molecule has 3 nitrogen and oxygen atoms in total. The maximum atomic E-state index is 11.5. The van der Waals surface area contributed by atoms with E-state index in [9.17, 15) is 13.0 Å². The molecule has 0 unspecified atom stereocenters. The van der Waals surface area contributed by atoms with Crippen LogP contribution in [0.4, 0.5) is 0 Å². The van der Waals surface area contributed by atoms with E-state index in [0.29, 0.717) is 0 Å². The highest BCUT2D eigenvalue weighted by Gasteiger charge is 2.29. The second kappa shape index (κ2) is 5.38. The van der Waals surface area contributed by atoms with Gasteiger partial charge in [0, 0.05) is 0 Å². The molecule has 0 bridgehead atoms. The van der Waals surface area contributed by atoms with Gasteiger partial charge in [-0.3, -0.25) is 4.55 Å². The van der Waals surface area contributed by atoms with Crippen LogP contribution in [0.2, 0.25) is 19.1 Å². The summed E-state index contributed by atoms with van der Waals surface area (Å²) < 4.78 is 32.2. The van der Waals surface area contributed by atoms with E-state index < -0.39 is 18.2 Å². The third-order valence-corrected chi connectivity index (χ3v) is 7.39. The topological polar surface area (TPSA) is 54.4 Å². The van der Waals surface area contributed by atoms with Gasteiger partial charge in [0.25, 0.3) is 10.1 Å². The lowest BCUT2D eigenvalue weighted by Crippen LogP contribution is -2.43. The summed E-state index contributed by atoms with van der Waals surface area (Å²) in [6.45, 7) is 9.91. The quantitative estimate of drug-likeness (QED) is 0.514. The Hall–Kier alpha value is -0.913. The largest absolute Gasteiger partial charge is 0.294 e. The first-order chi connectivity index (χ1) is 8.22. The Morgan fingerprint density at radius 3 is 2.44 bits per heavy atom. The molecule has 0 aliphatic carbocycles. The van der Waals surface area contributed by atoms with Gasteiger partial charge in [0.2, 0.25) is 0 Å². The Kier molecular flexibility index (Phi) is 4.53. The number of benzene rings is 1. The van der Waals surface area contributed by atoms with Crippen LogP contribution in [0.1, 0.15) is 12.5 Å². The van der Waals surface area contributed by atoms with Crippen molar-refractivity contribution in [3.63, 3.8) is 0 Å². The summed E-state index contributed by atoms with van der Waals surface area (Å²) in [6.07, 6.45) is 2.66. The minimum atomic E-state index is -4.16. The molecule has 1 rings (SSSR count). The van der Waals surface area contributed by atoms with Crippen molar-refractivity contribution < 1.29 is 13.0 Å². The smallest absolute Gasteiger partial charge is 0.282 e. The highest BCUT2D eigenvalue weighted by molar-refractivity contribution is 7.86. The third kappa shape index (κ3) is 3.31. The van der Waals surface area contributed by atoms with E-state index >= 15 is 0 Å². The number of aryl methyl sites for hydroxylation is 1.